The van der Waals surface area contributed by atoms with Gasteiger partial charge in [-0.25, -0.2) is 4.39 Å². The highest BCUT2D eigenvalue weighted by molar-refractivity contribution is 6.53. The molecule has 3 aromatic carbocycles. The van der Waals surface area contributed by atoms with Gasteiger partial charge in [-0.15, -0.1) is 23.2 Å². The molecule has 39 heavy (non-hydrogen) atoms. The summed E-state index contributed by atoms with van der Waals surface area (Å²) in [6.07, 6.45) is 0. The van der Waals surface area contributed by atoms with E-state index in [9.17, 15) is 14.0 Å². The van der Waals surface area contributed by atoms with E-state index < -0.39 is 33.8 Å². The van der Waals surface area contributed by atoms with E-state index in [-0.39, 0.29) is 22.0 Å². The molecule has 1 aliphatic carbocycles. The van der Waals surface area contributed by atoms with Crippen LogP contribution in [0, 0.1) is 11.7 Å². The van der Waals surface area contributed by atoms with Crippen molar-refractivity contribution >= 4 is 86.9 Å². The lowest BCUT2D eigenvalue weighted by molar-refractivity contribution is -0.117. The van der Waals surface area contributed by atoms with E-state index in [1.807, 2.05) is 0 Å². The lowest BCUT2D eigenvalue weighted by Gasteiger charge is -2.11. The molecule has 1 saturated carbocycles. The van der Waals surface area contributed by atoms with Crippen molar-refractivity contribution in [2.24, 2.45) is 11.1 Å². The SMILES string of the molecule is CCO/N=C(\C)c1ccc(NC(=O)c2cc(NC(=O)C3C(c4cc(Cl)cc(Cl)c4)C3(Cl)Cl)ccc2Cl)c(F)c1. The Bertz CT molecular complexity index is 1460. The first-order chi connectivity index (χ1) is 18.4. The predicted octanol–water partition coefficient (Wildman–Crippen LogP) is 8.32. The molecule has 0 heterocycles. The maximum atomic E-state index is 14.7. The highest BCUT2D eigenvalue weighted by atomic mass is 35.5. The Labute approximate surface area is 249 Å². The van der Waals surface area contributed by atoms with Gasteiger partial charge in [0.1, 0.15) is 16.8 Å². The molecule has 0 spiro atoms. The van der Waals surface area contributed by atoms with E-state index in [2.05, 4.69) is 15.8 Å². The van der Waals surface area contributed by atoms with Crippen LogP contribution < -0.4 is 10.6 Å². The Morgan fingerprint density at radius 1 is 1.00 bits per heavy atom. The number of carbonyl (C=O) groups excluding carboxylic acids is 2. The van der Waals surface area contributed by atoms with Gasteiger partial charge in [0, 0.05) is 27.2 Å². The van der Waals surface area contributed by atoms with Gasteiger partial charge in [-0.1, -0.05) is 46.0 Å². The monoisotopic (exact) mass is 629 g/mol. The molecule has 2 unspecified atom stereocenters. The van der Waals surface area contributed by atoms with Crippen LogP contribution in [0.5, 0.6) is 0 Å². The van der Waals surface area contributed by atoms with Crippen LogP contribution in [0.15, 0.2) is 59.8 Å². The van der Waals surface area contributed by atoms with Crippen LogP contribution in [-0.4, -0.2) is 28.5 Å². The number of anilines is 2. The molecule has 204 valence electrons. The second kappa shape index (κ2) is 11.9. The lowest BCUT2D eigenvalue weighted by Crippen LogP contribution is -2.18. The topological polar surface area (TPSA) is 79.8 Å². The standard InChI is InChI=1S/C27H21Cl5FN3O3/c1-3-39-36-13(2)14-4-7-22(21(33)10-14)35-25(37)19-12-18(5-6-20(19)30)34-26(38)24-23(27(24,31)32)15-8-16(28)11-17(29)9-15/h4-12,23-24H,3H2,1-2H3,(H,34,38)(H,35,37)/b36-13+. The van der Waals surface area contributed by atoms with Crippen LogP contribution in [-0.2, 0) is 9.63 Å². The Hall–Kier alpha value is -2.55. The minimum absolute atomic E-state index is 0.0176. The molecule has 0 bridgehead atoms. The second-order valence-corrected chi connectivity index (χ2v) is 11.5. The van der Waals surface area contributed by atoms with Gasteiger partial charge in [-0.05, 0) is 67.9 Å². The van der Waals surface area contributed by atoms with Crippen molar-refractivity contribution in [3.63, 3.8) is 0 Å². The van der Waals surface area contributed by atoms with E-state index in [1.54, 1.807) is 38.1 Å². The molecule has 0 aromatic heterocycles. The van der Waals surface area contributed by atoms with E-state index in [1.165, 1.54) is 30.3 Å². The third-order valence-electron chi connectivity index (χ3n) is 6.02. The maximum Gasteiger partial charge on any atom is 0.257 e. The number of oxime groups is 1. The zero-order valence-electron chi connectivity index (χ0n) is 20.5. The molecule has 0 saturated heterocycles. The van der Waals surface area contributed by atoms with Gasteiger partial charge in [-0.3, -0.25) is 9.59 Å². The molecule has 0 aliphatic heterocycles. The van der Waals surface area contributed by atoms with Crippen LogP contribution in [0.3, 0.4) is 0 Å². The zero-order valence-corrected chi connectivity index (χ0v) is 24.3. The Morgan fingerprint density at radius 2 is 1.69 bits per heavy atom. The van der Waals surface area contributed by atoms with Gasteiger partial charge < -0.3 is 15.5 Å². The van der Waals surface area contributed by atoms with Gasteiger partial charge >= 0.3 is 0 Å². The fourth-order valence-electron chi connectivity index (χ4n) is 4.06. The molecule has 0 radical (unpaired) electrons. The molecular weight excluding hydrogens is 611 g/mol. The van der Waals surface area contributed by atoms with Gasteiger partial charge in [-0.2, -0.15) is 0 Å². The average Bonchev–Trinajstić information content (AvgIpc) is 3.46. The van der Waals surface area contributed by atoms with Crippen LogP contribution in [0.2, 0.25) is 15.1 Å². The number of nitrogens with one attached hydrogen (secondary N) is 2. The summed E-state index contributed by atoms with van der Waals surface area (Å²) in [5, 5.41) is 9.96. The summed E-state index contributed by atoms with van der Waals surface area (Å²) < 4.78 is 13.3. The largest absolute Gasteiger partial charge is 0.396 e. The fourth-order valence-corrected chi connectivity index (χ4v) is 5.64. The maximum absolute atomic E-state index is 14.7. The zero-order chi connectivity index (χ0) is 28.5. The van der Waals surface area contributed by atoms with Gasteiger partial charge in [0.2, 0.25) is 5.91 Å². The first-order valence-electron chi connectivity index (χ1n) is 11.6. The van der Waals surface area contributed by atoms with E-state index >= 15 is 0 Å². The number of hydrogen-bond acceptors (Lipinski definition) is 4. The first-order valence-corrected chi connectivity index (χ1v) is 13.5. The van der Waals surface area contributed by atoms with Crippen LogP contribution >= 0.6 is 58.0 Å². The minimum Gasteiger partial charge on any atom is -0.396 e. The molecular formula is C27H21Cl5FN3O3. The Kier molecular flexibility index (Phi) is 8.98. The van der Waals surface area contributed by atoms with E-state index in [0.717, 1.165) is 0 Å². The molecule has 3 aromatic rings. The van der Waals surface area contributed by atoms with Crippen molar-refractivity contribution in [1.82, 2.24) is 0 Å². The summed E-state index contributed by atoms with van der Waals surface area (Å²) in [5.74, 6) is -3.16. The summed E-state index contributed by atoms with van der Waals surface area (Å²) in [6, 6.07) is 13.4. The fraction of sp³-hybridized carbons (Fsp3) is 0.222. The molecule has 6 nitrogen and oxygen atoms in total. The van der Waals surface area contributed by atoms with Gasteiger partial charge in [0.25, 0.3) is 5.91 Å². The number of alkyl halides is 2. The van der Waals surface area contributed by atoms with Crippen molar-refractivity contribution < 1.29 is 18.8 Å². The van der Waals surface area contributed by atoms with Crippen molar-refractivity contribution in [2.45, 2.75) is 24.1 Å². The number of nitrogens with zero attached hydrogens (tertiary/aromatic N) is 1. The third kappa shape index (κ3) is 6.61. The number of hydrogen-bond donors (Lipinski definition) is 2. The summed E-state index contributed by atoms with van der Waals surface area (Å²) >= 11 is 31.3. The summed E-state index contributed by atoms with van der Waals surface area (Å²) in [5.41, 5.74) is 1.83. The summed E-state index contributed by atoms with van der Waals surface area (Å²) in [6.45, 7) is 3.84. The minimum atomic E-state index is -1.37. The van der Waals surface area contributed by atoms with Crippen LogP contribution in [0.4, 0.5) is 15.8 Å². The number of rotatable bonds is 8. The summed E-state index contributed by atoms with van der Waals surface area (Å²) in [4.78, 5) is 31.0. The molecule has 12 heteroatoms. The van der Waals surface area contributed by atoms with Crippen molar-refractivity contribution in [2.75, 3.05) is 17.2 Å². The quantitative estimate of drug-likeness (QED) is 0.149. The van der Waals surface area contributed by atoms with E-state index in [4.69, 9.17) is 62.8 Å². The third-order valence-corrected chi connectivity index (χ3v) is 7.73. The molecule has 1 fully saturated rings. The molecule has 4 rings (SSSR count). The van der Waals surface area contributed by atoms with Gasteiger partial charge in [0.05, 0.1) is 27.9 Å². The highest BCUT2D eigenvalue weighted by Gasteiger charge is 2.67. The average molecular weight is 632 g/mol. The number of halogens is 6. The molecule has 1 aliphatic rings. The summed E-state index contributed by atoms with van der Waals surface area (Å²) in [7, 11) is 0. The highest BCUT2D eigenvalue weighted by Crippen LogP contribution is 2.65. The van der Waals surface area contributed by atoms with Crippen LogP contribution in [0.1, 0.15) is 41.3 Å². The first kappa shape index (κ1) is 29.4. The molecule has 2 N–H and O–H groups in total. The van der Waals surface area contributed by atoms with Gasteiger partial charge in [0.15, 0.2) is 0 Å². The number of carbonyl (C=O) groups is 2. The normalized spacial score (nSPS) is 17.9. The lowest BCUT2D eigenvalue weighted by atomic mass is 10.1. The van der Waals surface area contributed by atoms with E-state index in [0.29, 0.717) is 33.5 Å². The Morgan fingerprint density at radius 3 is 2.33 bits per heavy atom. The van der Waals surface area contributed by atoms with Crippen molar-refractivity contribution in [3.05, 3.63) is 92.2 Å². The predicted molar refractivity (Wildman–Crippen MR) is 155 cm³/mol. The molecule has 2 amide bonds. The molecule has 2 atom stereocenters. The van der Waals surface area contributed by atoms with Crippen LogP contribution in [0.25, 0.3) is 0 Å². The van der Waals surface area contributed by atoms with Crippen molar-refractivity contribution in [3.8, 4) is 0 Å². The Balaban J connectivity index is 1.48. The smallest absolute Gasteiger partial charge is 0.257 e. The second-order valence-electron chi connectivity index (χ2n) is 8.76. The number of benzene rings is 3. The van der Waals surface area contributed by atoms with Crippen molar-refractivity contribution in [1.29, 1.82) is 0 Å². The number of amides is 2.